The van der Waals surface area contributed by atoms with Crippen LogP contribution >= 0.6 is 15.9 Å². The maximum absolute atomic E-state index is 12.5. The van der Waals surface area contributed by atoms with Crippen molar-refractivity contribution in [1.29, 1.82) is 0 Å². The van der Waals surface area contributed by atoms with E-state index in [9.17, 15) is 4.79 Å². The Kier molecular flexibility index (Phi) is 4.34. The summed E-state index contributed by atoms with van der Waals surface area (Å²) in [6.45, 7) is 3.79. The summed E-state index contributed by atoms with van der Waals surface area (Å²) in [6.07, 6.45) is 2.20. The lowest BCUT2D eigenvalue weighted by Crippen LogP contribution is -2.22. The number of rotatable bonds is 3. The van der Waals surface area contributed by atoms with Crippen LogP contribution in [0, 0.1) is 5.92 Å². The normalized spacial score (nSPS) is 16.6. The van der Waals surface area contributed by atoms with E-state index in [0.717, 1.165) is 39.9 Å². The largest absolute Gasteiger partial charge is 0.348 e. The molecule has 0 fully saturated rings. The minimum atomic E-state index is -0.0683. The Bertz CT molecular complexity index is 947. The molecule has 4 rings (SSSR count). The molecule has 4 nitrogen and oxygen atoms in total. The Morgan fingerprint density at radius 3 is 3.04 bits per heavy atom. The Balaban J connectivity index is 1.54. The SMILES string of the molecule is CC1CCn2c(nc3cc(C(=O)NCc4cccc(Br)c4)ccc32)C1. The quantitative estimate of drug-likeness (QED) is 0.715. The topological polar surface area (TPSA) is 46.9 Å². The molecule has 1 aromatic heterocycles. The highest BCUT2D eigenvalue weighted by Gasteiger charge is 2.19. The van der Waals surface area contributed by atoms with Gasteiger partial charge in [0, 0.05) is 29.5 Å². The van der Waals surface area contributed by atoms with Crippen molar-refractivity contribution in [3.05, 3.63) is 63.9 Å². The van der Waals surface area contributed by atoms with Gasteiger partial charge < -0.3 is 9.88 Å². The molecule has 25 heavy (non-hydrogen) atoms. The third-order valence-corrected chi connectivity index (χ3v) is 5.30. The first-order valence-electron chi connectivity index (χ1n) is 8.62. The summed E-state index contributed by atoms with van der Waals surface area (Å²) in [5, 5.41) is 2.98. The van der Waals surface area contributed by atoms with E-state index in [1.807, 2.05) is 42.5 Å². The smallest absolute Gasteiger partial charge is 0.251 e. The molecule has 0 saturated heterocycles. The minimum Gasteiger partial charge on any atom is -0.348 e. The Morgan fingerprint density at radius 2 is 2.20 bits per heavy atom. The number of hydrogen-bond acceptors (Lipinski definition) is 2. The molecule has 0 bridgehead atoms. The summed E-state index contributed by atoms with van der Waals surface area (Å²) in [7, 11) is 0. The molecular weight excluding hydrogens is 378 g/mol. The lowest BCUT2D eigenvalue weighted by molar-refractivity contribution is 0.0951. The molecule has 0 spiro atoms. The number of benzene rings is 2. The molecule has 0 aliphatic carbocycles. The van der Waals surface area contributed by atoms with E-state index in [2.05, 4.69) is 32.7 Å². The maximum Gasteiger partial charge on any atom is 0.251 e. The molecule has 2 heterocycles. The highest BCUT2D eigenvalue weighted by atomic mass is 79.9. The van der Waals surface area contributed by atoms with Gasteiger partial charge in [-0.2, -0.15) is 0 Å². The van der Waals surface area contributed by atoms with Crippen molar-refractivity contribution in [2.24, 2.45) is 5.92 Å². The second-order valence-electron chi connectivity index (χ2n) is 6.79. The number of halogens is 1. The molecule has 1 unspecified atom stereocenters. The van der Waals surface area contributed by atoms with Gasteiger partial charge in [0.25, 0.3) is 5.91 Å². The lowest BCUT2D eigenvalue weighted by Gasteiger charge is -2.19. The van der Waals surface area contributed by atoms with Crippen molar-refractivity contribution in [3.8, 4) is 0 Å². The van der Waals surface area contributed by atoms with Gasteiger partial charge in [-0.15, -0.1) is 0 Å². The molecule has 1 aliphatic heterocycles. The van der Waals surface area contributed by atoms with Gasteiger partial charge in [-0.1, -0.05) is 35.0 Å². The zero-order chi connectivity index (χ0) is 17.4. The Labute approximate surface area is 155 Å². The van der Waals surface area contributed by atoms with Crippen LogP contribution in [-0.2, 0) is 19.5 Å². The van der Waals surface area contributed by atoms with Gasteiger partial charge in [0.1, 0.15) is 5.82 Å². The third kappa shape index (κ3) is 3.33. The van der Waals surface area contributed by atoms with Crippen molar-refractivity contribution in [2.75, 3.05) is 0 Å². The van der Waals surface area contributed by atoms with Crippen molar-refractivity contribution < 1.29 is 4.79 Å². The average molecular weight is 398 g/mol. The molecule has 3 aromatic rings. The van der Waals surface area contributed by atoms with Crippen LogP contribution in [0.3, 0.4) is 0 Å². The van der Waals surface area contributed by atoms with Crippen molar-refractivity contribution >= 4 is 32.9 Å². The Hall–Kier alpha value is -2.14. The molecular formula is C20H20BrN3O. The molecule has 0 saturated carbocycles. The fourth-order valence-corrected chi connectivity index (χ4v) is 3.87. The number of fused-ring (bicyclic) bond motifs is 3. The fraction of sp³-hybridized carbons (Fsp3) is 0.300. The van der Waals surface area contributed by atoms with Gasteiger partial charge in [0.2, 0.25) is 0 Å². The number of carbonyl (C=O) groups is 1. The van der Waals surface area contributed by atoms with Crippen molar-refractivity contribution in [2.45, 2.75) is 32.9 Å². The number of aryl methyl sites for hydroxylation is 1. The molecule has 1 N–H and O–H groups in total. The third-order valence-electron chi connectivity index (χ3n) is 4.81. The zero-order valence-electron chi connectivity index (χ0n) is 14.1. The minimum absolute atomic E-state index is 0.0683. The molecule has 1 atom stereocenters. The van der Waals surface area contributed by atoms with E-state index >= 15 is 0 Å². The first-order chi connectivity index (χ1) is 12.1. The van der Waals surface area contributed by atoms with Gasteiger partial charge in [-0.3, -0.25) is 4.79 Å². The second kappa shape index (κ2) is 6.64. The highest BCUT2D eigenvalue weighted by molar-refractivity contribution is 9.10. The van der Waals surface area contributed by atoms with Crippen LogP contribution in [0.2, 0.25) is 0 Å². The number of nitrogens with one attached hydrogen (secondary N) is 1. The summed E-state index contributed by atoms with van der Waals surface area (Å²) in [5.74, 6) is 1.75. The first-order valence-corrected chi connectivity index (χ1v) is 9.41. The van der Waals surface area contributed by atoms with Crippen LogP contribution in [0.1, 0.15) is 35.1 Å². The lowest BCUT2D eigenvalue weighted by atomic mass is 10.0. The number of amides is 1. The Morgan fingerprint density at radius 1 is 1.32 bits per heavy atom. The van der Waals surface area contributed by atoms with E-state index in [1.165, 1.54) is 6.42 Å². The van der Waals surface area contributed by atoms with Gasteiger partial charge in [0.15, 0.2) is 0 Å². The summed E-state index contributed by atoms with van der Waals surface area (Å²) in [6, 6.07) is 13.8. The number of carbonyl (C=O) groups excluding carboxylic acids is 1. The van der Waals surface area contributed by atoms with Crippen LogP contribution < -0.4 is 5.32 Å². The van der Waals surface area contributed by atoms with E-state index in [4.69, 9.17) is 4.98 Å². The number of imidazole rings is 1. The number of hydrogen-bond donors (Lipinski definition) is 1. The monoisotopic (exact) mass is 397 g/mol. The average Bonchev–Trinajstić information content (AvgIpc) is 2.96. The second-order valence-corrected chi connectivity index (χ2v) is 7.71. The number of aromatic nitrogens is 2. The van der Waals surface area contributed by atoms with E-state index < -0.39 is 0 Å². The van der Waals surface area contributed by atoms with E-state index in [1.54, 1.807) is 0 Å². The number of nitrogens with zero attached hydrogens (tertiary/aromatic N) is 2. The van der Waals surface area contributed by atoms with Crippen molar-refractivity contribution in [1.82, 2.24) is 14.9 Å². The summed E-state index contributed by atoms with van der Waals surface area (Å²) in [5.41, 5.74) is 3.77. The van der Waals surface area contributed by atoms with Crippen LogP contribution in [0.25, 0.3) is 11.0 Å². The molecule has 128 valence electrons. The van der Waals surface area contributed by atoms with E-state index in [0.29, 0.717) is 18.0 Å². The maximum atomic E-state index is 12.5. The van der Waals surface area contributed by atoms with Crippen LogP contribution in [0.5, 0.6) is 0 Å². The summed E-state index contributed by atoms with van der Waals surface area (Å²) >= 11 is 3.45. The first kappa shape index (κ1) is 16.3. The van der Waals surface area contributed by atoms with Crippen LogP contribution in [0.4, 0.5) is 0 Å². The van der Waals surface area contributed by atoms with Crippen LogP contribution in [0.15, 0.2) is 46.9 Å². The highest BCUT2D eigenvalue weighted by Crippen LogP contribution is 2.25. The molecule has 0 radical (unpaired) electrons. The van der Waals surface area contributed by atoms with Crippen molar-refractivity contribution in [3.63, 3.8) is 0 Å². The van der Waals surface area contributed by atoms with Gasteiger partial charge in [0.05, 0.1) is 11.0 Å². The van der Waals surface area contributed by atoms with Crippen LogP contribution in [-0.4, -0.2) is 15.5 Å². The standard InChI is InChI=1S/C20H20BrN3O/c1-13-7-8-24-18-6-5-15(11-17(18)23-19(24)9-13)20(25)22-12-14-3-2-4-16(21)10-14/h2-6,10-11,13H,7-9,12H2,1H3,(H,22,25). The predicted molar refractivity (Wildman–Crippen MR) is 103 cm³/mol. The molecule has 1 amide bonds. The fourth-order valence-electron chi connectivity index (χ4n) is 3.42. The summed E-state index contributed by atoms with van der Waals surface area (Å²) in [4.78, 5) is 17.2. The molecule has 5 heteroatoms. The zero-order valence-corrected chi connectivity index (χ0v) is 15.7. The van der Waals surface area contributed by atoms with Gasteiger partial charge in [-0.25, -0.2) is 4.98 Å². The summed E-state index contributed by atoms with van der Waals surface area (Å²) < 4.78 is 3.30. The molecule has 1 aliphatic rings. The predicted octanol–water partition coefficient (Wildman–Crippen LogP) is 4.31. The van der Waals surface area contributed by atoms with E-state index in [-0.39, 0.29) is 5.91 Å². The van der Waals surface area contributed by atoms with Gasteiger partial charge >= 0.3 is 0 Å². The van der Waals surface area contributed by atoms with Gasteiger partial charge in [-0.05, 0) is 48.2 Å². The molecule has 2 aromatic carbocycles.